The summed E-state index contributed by atoms with van der Waals surface area (Å²) in [6.07, 6.45) is 5.53. The van der Waals surface area contributed by atoms with Gasteiger partial charge in [0, 0.05) is 0 Å². The van der Waals surface area contributed by atoms with E-state index in [-0.39, 0.29) is 29.5 Å². The number of carbonyl (C=O) groups excluding carboxylic acids is 2. The van der Waals surface area contributed by atoms with Crippen LogP contribution < -0.4 is 10.2 Å². The second kappa shape index (κ2) is 7.75. The van der Waals surface area contributed by atoms with Gasteiger partial charge in [-0.25, -0.2) is 0 Å². The fourth-order valence-electron chi connectivity index (χ4n) is 1.83. The van der Waals surface area contributed by atoms with Crippen LogP contribution in [0.4, 0.5) is 0 Å². The highest BCUT2D eigenvalue weighted by atomic mass is 16.3. The Balaban J connectivity index is 1.88. The van der Waals surface area contributed by atoms with Crippen LogP contribution in [-0.4, -0.2) is 11.6 Å². The van der Waals surface area contributed by atoms with Crippen molar-refractivity contribution in [3.05, 3.63) is 71.8 Å². The Morgan fingerprint density at radius 2 is 1.04 bits per heavy atom. The summed E-state index contributed by atoms with van der Waals surface area (Å²) >= 11 is 0. The monoisotopic (exact) mass is 306 g/mol. The van der Waals surface area contributed by atoms with Crippen LogP contribution in [0.1, 0.15) is 17.5 Å². The molecule has 0 amide bonds. The summed E-state index contributed by atoms with van der Waals surface area (Å²) in [7, 11) is 0. The zero-order valence-electron chi connectivity index (χ0n) is 12.3. The van der Waals surface area contributed by atoms with Crippen LogP contribution in [0.3, 0.4) is 0 Å². The van der Waals surface area contributed by atoms with Gasteiger partial charge in [-0.2, -0.15) is 0 Å². The van der Waals surface area contributed by atoms with Crippen LogP contribution in [0.25, 0.3) is 12.2 Å². The van der Waals surface area contributed by atoms with Crippen molar-refractivity contribution in [2.75, 3.05) is 0 Å². The first-order valence-electron chi connectivity index (χ1n) is 6.99. The second-order valence-electron chi connectivity index (χ2n) is 4.91. The van der Waals surface area contributed by atoms with Gasteiger partial charge in [-0.1, -0.05) is 60.7 Å². The van der Waals surface area contributed by atoms with Crippen LogP contribution in [0.15, 0.2) is 60.7 Å². The minimum atomic E-state index is -0.319. The van der Waals surface area contributed by atoms with Gasteiger partial charge in [0.25, 0.3) is 0 Å². The molecule has 0 aromatic heterocycles. The predicted octanol–water partition coefficient (Wildman–Crippen LogP) is 2.09. The molecule has 0 radical (unpaired) electrons. The Kier molecular flexibility index (Phi) is 5.47. The number of ketones is 2. The lowest BCUT2D eigenvalue weighted by Crippen LogP contribution is -2.01. The van der Waals surface area contributed by atoms with Gasteiger partial charge in [0.2, 0.25) is 0 Å². The maximum Gasteiger partial charge on any atom is 0.163 e. The highest BCUT2D eigenvalue weighted by Gasteiger charge is 2.03. The number of carbonyl (C=O) groups is 2. The normalized spacial score (nSPS) is 11.1. The van der Waals surface area contributed by atoms with Gasteiger partial charge >= 0.3 is 0 Å². The molecule has 4 heteroatoms. The summed E-state index contributed by atoms with van der Waals surface area (Å²) in [6, 6.07) is 12.1. The minimum Gasteiger partial charge on any atom is -0.872 e. The van der Waals surface area contributed by atoms with E-state index in [1.165, 1.54) is 36.4 Å². The molecule has 0 saturated heterocycles. The van der Waals surface area contributed by atoms with E-state index in [2.05, 4.69) is 0 Å². The topological polar surface area (TPSA) is 80.3 Å². The molecule has 0 spiro atoms. The van der Waals surface area contributed by atoms with E-state index in [1.807, 2.05) is 0 Å². The lowest BCUT2D eigenvalue weighted by molar-refractivity contribution is -0.269. The van der Waals surface area contributed by atoms with Crippen LogP contribution in [-0.2, 0) is 9.59 Å². The van der Waals surface area contributed by atoms with Gasteiger partial charge in [-0.15, -0.1) is 11.5 Å². The van der Waals surface area contributed by atoms with Crippen molar-refractivity contribution in [1.29, 1.82) is 0 Å². The molecule has 0 atom stereocenters. The first-order chi connectivity index (χ1) is 11.0. The van der Waals surface area contributed by atoms with Crippen LogP contribution in [0.5, 0.6) is 11.5 Å². The summed E-state index contributed by atoms with van der Waals surface area (Å²) in [5, 5.41) is 21.9. The number of hydrogen-bond acceptors (Lipinski definition) is 4. The fraction of sp³-hybridized carbons (Fsp3) is 0.0526. The standard InChI is InChI=1S/C19H16O4/c20-16-7-1-14(2-8-16)5-11-18(22)13-19(23)12-6-15-3-9-17(21)10-4-15/h1-12,20-21H,13H2/p-2/b11-5+,12-6+. The summed E-state index contributed by atoms with van der Waals surface area (Å²) in [6.45, 7) is 0. The number of hydrogen-bond donors (Lipinski definition) is 0. The van der Waals surface area contributed by atoms with Crippen molar-refractivity contribution in [3.8, 4) is 11.5 Å². The van der Waals surface area contributed by atoms with Crippen molar-refractivity contribution in [2.24, 2.45) is 0 Å². The third-order valence-electron chi connectivity index (χ3n) is 3.03. The van der Waals surface area contributed by atoms with E-state index in [4.69, 9.17) is 0 Å². The van der Waals surface area contributed by atoms with Crippen molar-refractivity contribution < 1.29 is 19.8 Å². The Morgan fingerprint density at radius 3 is 1.39 bits per heavy atom. The maximum absolute atomic E-state index is 11.7. The third-order valence-corrected chi connectivity index (χ3v) is 3.03. The zero-order chi connectivity index (χ0) is 16.7. The van der Waals surface area contributed by atoms with Gasteiger partial charge in [0.15, 0.2) is 11.6 Å². The molecule has 0 aliphatic rings. The van der Waals surface area contributed by atoms with Crippen LogP contribution in [0.2, 0.25) is 0 Å². The smallest absolute Gasteiger partial charge is 0.163 e. The summed E-state index contributed by atoms with van der Waals surface area (Å²) in [5.74, 6) is -0.834. The van der Waals surface area contributed by atoms with E-state index in [0.29, 0.717) is 0 Å². The lowest BCUT2D eigenvalue weighted by Gasteiger charge is -2.03. The number of benzene rings is 2. The molecular formula is C19H14O4-2. The van der Waals surface area contributed by atoms with Crippen molar-refractivity contribution in [1.82, 2.24) is 0 Å². The highest BCUT2D eigenvalue weighted by molar-refractivity contribution is 6.10. The molecular weight excluding hydrogens is 292 g/mol. The molecule has 2 aromatic carbocycles. The first-order valence-corrected chi connectivity index (χ1v) is 6.99. The molecule has 116 valence electrons. The van der Waals surface area contributed by atoms with Crippen molar-refractivity contribution in [2.45, 2.75) is 6.42 Å². The average Bonchev–Trinajstić information content (AvgIpc) is 2.54. The lowest BCUT2D eigenvalue weighted by atomic mass is 10.1. The molecule has 0 unspecified atom stereocenters. The quantitative estimate of drug-likeness (QED) is 0.604. The van der Waals surface area contributed by atoms with Gasteiger partial charge < -0.3 is 10.2 Å². The first kappa shape index (κ1) is 16.2. The minimum absolute atomic E-state index is 0.0983. The second-order valence-corrected chi connectivity index (χ2v) is 4.91. The summed E-state index contributed by atoms with van der Waals surface area (Å²) < 4.78 is 0. The summed E-state index contributed by atoms with van der Waals surface area (Å²) in [5.41, 5.74) is 1.44. The Morgan fingerprint density at radius 1 is 0.696 bits per heavy atom. The van der Waals surface area contributed by atoms with E-state index in [0.717, 1.165) is 11.1 Å². The SMILES string of the molecule is O=C(/C=C/c1ccc([O-])cc1)CC(=O)/C=C/c1ccc([O-])cc1. The average molecular weight is 306 g/mol. The van der Waals surface area contributed by atoms with Crippen molar-refractivity contribution in [3.63, 3.8) is 0 Å². The predicted molar refractivity (Wildman–Crippen MR) is 84.5 cm³/mol. The van der Waals surface area contributed by atoms with Gasteiger partial charge in [0.05, 0.1) is 6.42 Å². The molecule has 0 saturated carbocycles. The molecule has 0 N–H and O–H groups in total. The van der Waals surface area contributed by atoms with E-state index in [9.17, 15) is 19.8 Å². The molecule has 23 heavy (non-hydrogen) atoms. The van der Waals surface area contributed by atoms with Crippen LogP contribution >= 0.6 is 0 Å². The van der Waals surface area contributed by atoms with Gasteiger partial charge in [-0.05, 0) is 23.3 Å². The molecule has 0 bridgehead atoms. The van der Waals surface area contributed by atoms with E-state index >= 15 is 0 Å². The Labute approximate surface area is 134 Å². The Hall–Kier alpha value is -3.14. The third kappa shape index (κ3) is 5.63. The van der Waals surface area contributed by atoms with Crippen molar-refractivity contribution >= 4 is 23.7 Å². The molecule has 4 nitrogen and oxygen atoms in total. The number of rotatable bonds is 6. The van der Waals surface area contributed by atoms with Gasteiger partial charge in [-0.3, -0.25) is 9.59 Å². The molecule has 2 rings (SSSR count). The molecule has 2 aromatic rings. The molecule has 0 aliphatic heterocycles. The Bertz CT molecular complexity index is 672. The number of allylic oxidation sites excluding steroid dienone is 2. The van der Waals surface area contributed by atoms with E-state index < -0.39 is 0 Å². The zero-order valence-corrected chi connectivity index (χ0v) is 12.3. The molecule has 0 heterocycles. The molecule has 0 fully saturated rings. The summed E-state index contributed by atoms with van der Waals surface area (Å²) in [4.78, 5) is 23.4. The van der Waals surface area contributed by atoms with Gasteiger partial charge in [0.1, 0.15) is 0 Å². The fourth-order valence-corrected chi connectivity index (χ4v) is 1.83. The maximum atomic E-state index is 11.7. The van der Waals surface area contributed by atoms with Crippen LogP contribution in [0, 0.1) is 0 Å². The largest absolute Gasteiger partial charge is 0.872 e. The van der Waals surface area contributed by atoms with E-state index in [1.54, 1.807) is 36.4 Å². The molecule has 0 aliphatic carbocycles. The highest BCUT2D eigenvalue weighted by Crippen LogP contribution is 2.10.